The summed E-state index contributed by atoms with van der Waals surface area (Å²) in [7, 11) is 0. The number of nitrogens with one attached hydrogen (secondary N) is 2. The van der Waals surface area contributed by atoms with Crippen LogP contribution in [-0.4, -0.2) is 27.0 Å². The topological polar surface area (TPSA) is 117 Å². The molecule has 0 saturated heterocycles. The molecule has 8 heteroatoms. The van der Waals surface area contributed by atoms with E-state index in [1.165, 1.54) is 6.20 Å². The quantitative estimate of drug-likeness (QED) is 0.538. The SMILES string of the molecule is Cc1ccc(-c2nc(N[C@H](CC(C)C)C(N)=O)c(F)c3c[nH]c(O)c23)o1. The van der Waals surface area contributed by atoms with Crippen LogP contribution in [0.15, 0.2) is 22.7 Å². The molecule has 0 aliphatic heterocycles. The van der Waals surface area contributed by atoms with E-state index in [2.05, 4.69) is 15.3 Å². The van der Waals surface area contributed by atoms with Crippen LogP contribution >= 0.6 is 0 Å². The van der Waals surface area contributed by atoms with Crippen molar-refractivity contribution in [2.45, 2.75) is 33.2 Å². The lowest BCUT2D eigenvalue weighted by Crippen LogP contribution is -2.37. The lowest BCUT2D eigenvalue weighted by Gasteiger charge is -2.19. The maximum absolute atomic E-state index is 14.9. The van der Waals surface area contributed by atoms with E-state index in [0.29, 0.717) is 17.9 Å². The summed E-state index contributed by atoms with van der Waals surface area (Å²) in [5.41, 5.74) is 5.70. The number of primary amides is 1. The van der Waals surface area contributed by atoms with E-state index < -0.39 is 17.8 Å². The summed E-state index contributed by atoms with van der Waals surface area (Å²) in [5, 5.41) is 13.2. The molecule has 26 heavy (non-hydrogen) atoms. The minimum absolute atomic E-state index is 0.120. The second-order valence-electron chi connectivity index (χ2n) is 6.69. The fourth-order valence-electron chi connectivity index (χ4n) is 2.89. The number of carbonyl (C=O) groups is 1. The Bertz CT molecular complexity index is 961. The number of nitrogens with two attached hydrogens (primary N) is 1. The number of fused-ring (bicyclic) bond motifs is 1. The predicted octanol–water partition coefficient (Wildman–Crippen LogP) is 3.29. The molecule has 0 bridgehead atoms. The zero-order chi connectivity index (χ0) is 19.0. The summed E-state index contributed by atoms with van der Waals surface area (Å²) >= 11 is 0. The molecule has 3 aromatic rings. The first-order valence-electron chi connectivity index (χ1n) is 8.30. The van der Waals surface area contributed by atoms with Crippen molar-refractivity contribution in [1.82, 2.24) is 9.97 Å². The molecule has 0 aliphatic rings. The number of hydrogen-bond acceptors (Lipinski definition) is 5. The van der Waals surface area contributed by atoms with Gasteiger partial charge in [0.1, 0.15) is 17.5 Å². The molecule has 0 aromatic carbocycles. The van der Waals surface area contributed by atoms with Crippen molar-refractivity contribution in [3.63, 3.8) is 0 Å². The van der Waals surface area contributed by atoms with Gasteiger partial charge in [-0.3, -0.25) is 4.79 Å². The number of aromatic amines is 1. The fraction of sp³-hybridized carbons (Fsp3) is 0.333. The van der Waals surface area contributed by atoms with Gasteiger partial charge in [-0.05, 0) is 31.4 Å². The van der Waals surface area contributed by atoms with Crippen molar-refractivity contribution in [2.75, 3.05) is 5.32 Å². The van der Waals surface area contributed by atoms with Gasteiger partial charge in [-0.15, -0.1) is 0 Å². The van der Waals surface area contributed by atoms with Crippen LogP contribution in [0.25, 0.3) is 22.2 Å². The third-order valence-corrected chi connectivity index (χ3v) is 4.10. The van der Waals surface area contributed by atoms with Gasteiger partial charge >= 0.3 is 0 Å². The molecule has 0 saturated carbocycles. The van der Waals surface area contributed by atoms with Crippen LogP contribution in [0.3, 0.4) is 0 Å². The van der Waals surface area contributed by atoms with Crippen LogP contribution in [0.1, 0.15) is 26.0 Å². The highest BCUT2D eigenvalue weighted by molar-refractivity contribution is 6.00. The van der Waals surface area contributed by atoms with Gasteiger partial charge in [0.2, 0.25) is 5.91 Å². The zero-order valence-corrected chi connectivity index (χ0v) is 14.8. The summed E-state index contributed by atoms with van der Waals surface area (Å²) in [4.78, 5) is 18.6. The standard InChI is InChI=1S/C18H21FN4O3/c1-8(2)6-11(16(20)24)22-17-14(19)10-7-21-18(25)13(10)15(23-17)12-5-4-9(3)26-12/h4-5,7-8,11,21-22,25H,6H2,1-3H3,(H2,20,24)/t11-/m1/s1. The van der Waals surface area contributed by atoms with Crippen molar-refractivity contribution in [2.24, 2.45) is 11.7 Å². The molecule has 0 unspecified atom stereocenters. The molecular weight excluding hydrogens is 339 g/mol. The number of H-pyrrole nitrogens is 1. The molecular formula is C18H21FN4O3. The first-order chi connectivity index (χ1) is 12.3. The molecule has 1 atom stereocenters. The minimum Gasteiger partial charge on any atom is -0.494 e. The van der Waals surface area contributed by atoms with E-state index in [1.54, 1.807) is 19.1 Å². The minimum atomic E-state index is -0.770. The number of furan rings is 1. The average molecular weight is 360 g/mol. The number of amides is 1. The highest BCUT2D eigenvalue weighted by Gasteiger charge is 2.24. The highest BCUT2D eigenvalue weighted by atomic mass is 19.1. The molecule has 3 heterocycles. The first-order valence-corrected chi connectivity index (χ1v) is 8.30. The van der Waals surface area contributed by atoms with E-state index >= 15 is 0 Å². The Morgan fingerprint density at radius 3 is 2.77 bits per heavy atom. The van der Waals surface area contributed by atoms with Crippen LogP contribution in [0.4, 0.5) is 10.2 Å². The van der Waals surface area contributed by atoms with Crippen molar-refractivity contribution in [3.05, 3.63) is 29.9 Å². The number of rotatable bonds is 6. The molecule has 0 aliphatic carbocycles. The van der Waals surface area contributed by atoms with Gasteiger partial charge in [-0.1, -0.05) is 13.8 Å². The molecule has 0 radical (unpaired) electrons. The van der Waals surface area contributed by atoms with Crippen molar-refractivity contribution >= 4 is 22.5 Å². The monoisotopic (exact) mass is 360 g/mol. The number of halogens is 1. The normalized spacial score (nSPS) is 12.7. The maximum atomic E-state index is 14.9. The molecule has 0 fully saturated rings. The van der Waals surface area contributed by atoms with E-state index in [1.807, 2.05) is 13.8 Å². The maximum Gasteiger partial charge on any atom is 0.239 e. The van der Waals surface area contributed by atoms with E-state index in [0.717, 1.165) is 0 Å². The predicted molar refractivity (Wildman–Crippen MR) is 96.2 cm³/mol. The summed E-state index contributed by atoms with van der Waals surface area (Å²) in [6, 6.07) is 2.66. The van der Waals surface area contributed by atoms with Crippen molar-refractivity contribution in [1.29, 1.82) is 0 Å². The Labute approximate surface area is 149 Å². The highest BCUT2D eigenvalue weighted by Crippen LogP contribution is 2.37. The zero-order valence-electron chi connectivity index (χ0n) is 14.8. The molecule has 1 amide bonds. The van der Waals surface area contributed by atoms with Crippen molar-refractivity contribution < 1.29 is 18.7 Å². The van der Waals surface area contributed by atoms with Gasteiger partial charge in [0.15, 0.2) is 23.3 Å². The number of aromatic nitrogens is 2. The van der Waals surface area contributed by atoms with Crippen LogP contribution < -0.4 is 11.1 Å². The molecule has 7 nitrogen and oxygen atoms in total. The smallest absolute Gasteiger partial charge is 0.239 e. The Balaban J connectivity index is 2.14. The van der Waals surface area contributed by atoms with Gasteiger partial charge in [-0.25, -0.2) is 9.37 Å². The third kappa shape index (κ3) is 3.22. The molecule has 0 spiro atoms. The largest absolute Gasteiger partial charge is 0.494 e. The Morgan fingerprint density at radius 1 is 1.46 bits per heavy atom. The lowest BCUT2D eigenvalue weighted by atomic mass is 10.0. The summed E-state index contributed by atoms with van der Waals surface area (Å²) < 4.78 is 20.5. The van der Waals surface area contributed by atoms with E-state index in [4.69, 9.17) is 10.2 Å². The molecule has 3 rings (SSSR count). The van der Waals surface area contributed by atoms with Gasteiger partial charge < -0.3 is 25.6 Å². The fourth-order valence-corrected chi connectivity index (χ4v) is 2.89. The molecule has 138 valence electrons. The number of aromatic hydroxyl groups is 1. The third-order valence-electron chi connectivity index (χ3n) is 4.10. The Hall–Kier alpha value is -3.03. The van der Waals surface area contributed by atoms with Gasteiger partial charge in [-0.2, -0.15) is 0 Å². The van der Waals surface area contributed by atoms with Gasteiger partial charge in [0.05, 0.1) is 5.39 Å². The lowest BCUT2D eigenvalue weighted by molar-refractivity contribution is -0.119. The second kappa shape index (κ2) is 6.70. The van der Waals surface area contributed by atoms with Crippen LogP contribution in [0.2, 0.25) is 0 Å². The summed E-state index contributed by atoms with van der Waals surface area (Å²) in [5.74, 6) is -0.398. The van der Waals surface area contributed by atoms with Crippen LogP contribution in [0, 0.1) is 18.7 Å². The van der Waals surface area contributed by atoms with Crippen LogP contribution in [-0.2, 0) is 4.79 Å². The van der Waals surface area contributed by atoms with Gasteiger partial charge in [0, 0.05) is 11.6 Å². The molecule has 3 aromatic heterocycles. The first kappa shape index (κ1) is 17.8. The molecule has 5 N–H and O–H groups in total. The average Bonchev–Trinajstić information content (AvgIpc) is 3.15. The Morgan fingerprint density at radius 2 is 2.19 bits per heavy atom. The number of hydrogen-bond donors (Lipinski definition) is 4. The Kier molecular flexibility index (Phi) is 4.58. The number of nitrogens with zero attached hydrogens (tertiary/aromatic N) is 1. The van der Waals surface area contributed by atoms with Crippen molar-refractivity contribution in [3.8, 4) is 17.3 Å². The summed E-state index contributed by atoms with van der Waals surface area (Å²) in [6.45, 7) is 5.64. The number of aryl methyl sites for hydroxylation is 1. The second-order valence-corrected chi connectivity index (χ2v) is 6.69. The van der Waals surface area contributed by atoms with E-state index in [-0.39, 0.29) is 34.1 Å². The van der Waals surface area contributed by atoms with E-state index in [9.17, 15) is 14.3 Å². The number of anilines is 1. The summed E-state index contributed by atoms with van der Waals surface area (Å²) in [6.07, 6.45) is 1.77. The van der Waals surface area contributed by atoms with Crippen LogP contribution in [0.5, 0.6) is 5.88 Å². The van der Waals surface area contributed by atoms with Gasteiger partial charge in [0.25, 0.3) is 0 Å². The number of pyridine rings is 1. The number of carbonyl (C=O) groups excluding carboxylic acids is 1.